The third-order valence-corrected chi connectivity index (χ3v) is 4.71. The minimum absolute atomic E-state index is 0.0580. The van der Waals surface area contributed by atoms with Crippen molar-refractivity contribution in [3.8, 4) is 0 Å². The van der Waals surface area contributed by atoms with Crippen LogP contribution in [0.1, 0.15) is 49.6 Å². The van der Waals surface area contributed by atoms with E-state index in [2.05, 4.69) is 24.0 Å². The van der Waals surface area contributed by atoms with Crippen molar-refractivity contribution in [3.63, 3.8) is 0 Å². The van der Waals surface area contributed by atoms with E-state index in [1.165, 1.54) is 5.56 Å². The molecule has 5 nitrogen and oxygen atoms in total. The van der Waals surface area contributed by atoms with E-state index >= 15 is 0 Å². The fraction of sp³-hybridized carbons (Fsp3) is 0.471. The van der Waals surface area contributed by atoms with Gasteiger partial charge in [0.2, 0.25) is 0 Å². The molecule has 22 heavy (non-hydrogen) atoms. The summed E-state index contributed by atoms with van der Waals surface area (Å²) in [5.74, 6) is -0.863. The molecule has 0 radical (unpaired) electrons. The Hall–Kier alpha value is -1.85. The Bertz CT molecular complexity index is 722. The molecule has 4 N–H and O–H groups in total. The van der Waals surface area contributed by atoms with Gasteiger partial charge in [-0.2, -0.15) is 0 Å². The van der Waals surface area contributed by atoms with Crippen LogP contribution in [0.5, 0.6) is 0 Å². The highest BCUT2D eigenvalue weighted by Gasteiger charge is 2.43. The second-order valence-corrected chi connectivity index (χ2v) is 5.94. The molecule has 0 saturated carbocycles. The summed E-state index contributed by atoms with van der Waals surface area (Å²) >= 11 is 0. The number of para-hydroxylation sites is 1. The number of aryl methyl sites for hydroxylation is 1. The lowest BCUT2D eigenvalue weighted by Crippen LogP contribution is -2.40. The summed E-state index contributed by atoms with van der Waals surface area (Å²) in [4.78, 5) is 14.8. The largest absolute Gasteiger partial charge is 0.481 e. The average molecular weight is 302 g/mol. The molecule has 2 heterocycles. The van der Waals surface area contributed by atoms with Crippen LogP contribution in [0, 0.1) is 0 Å². The molecule has 0 spiro atoms. The third kappa shape index (κ3) is 2.12. The second-order valence-electron chi connectivity index (χ2n) is 5.94. The summed E-state index contributed by atoms with van der Waals surface area (Å²) in [5.41, 5.74) is 9.56. The Morgan fingerprint density at radius 3 is 2.91 bits per heavy atom. The van der Waals surface area contributed by atoms with E-state index in [1.807, 2.05) is 13.0 Å². The molecule has 2 unspecified atom stereocenters. The highest BCUT2D eigenvalue weighted by molar-refractivity contribution is 5.88. The van der Waals surface area contributed by atoms with E-state index in [-0.39, 0.29) is 12.5 Å². The predicted molar refractivity (Wildman–Crippen MR) is 84.8 cm³/mol. The summed E-state index contributed by atoms with van der Waals surface area (Å²) in [6.45, 7) is 4.41. The number of nitrogens with one attached hydrogen (secondary N) is 1. The summed E-state index contributed by atoms with van der Waals surface area (Å²) in [6.07, 6.45) is 1.44. The number of rotatable bonds is 4. The van der Waals surface area contributed by atoms with Gasteiger partial charge in [0.15, 0.2) is 0 Å². The first kappa shape index (κ1) is 15.1. The lowest BCUT2D eigenvalue weighted by atomic mass is 9.84. The first-order chi connectivity index (χ1) is 10.5. The zero-order valence-corrected chi connectivity index (χ0v) is 13.0. The Balaban J connectivity index is 2.28. The molecule has 1 aliphatic rings. The monoisotopic (exact) mass is 302 g/mol. The topological polar surface area (TPSA) is 88.3 Å². The van der Waals surface area contributed by atoms with E-state index in [1.54, 1.807) is 0 Å². The molecule has 0 bridgehead atoms. The lowest BCUT2D eigenvalue weighted by Gasteiger charge is -2.37. The fourth-order valence-electron chi connectivity index (χ4n) is 3.53. The van der Waals surface area contributed by atoms with Crippen molar-refractivity contribution in [2.24, 2.45) is 5.73 Å². The van der Waals surface area contributed by atoms with Crippen LogP contribution in [0.3, 0.4) is 0 Å². The first-order valence-electron chi connectivity index (χ1n) is 7.77. The molecular weight excluding hydrogens is 280 g/mol. The average Bonchev–Trinajstić information content (AvgIpc) is 2.90. The molecular formula is C17H22N2O3. The number of carbonyl (C=O) groups is 1. The van der Waals surface area contributed by atoms with E-state index < -0.39 is 11.6 Å². The molecule has 1 aromatic carbocycles. The highest BCUT2D eigenvalue weighted by Crippen LogP contribution is 2.44. The highest BCUT2D eigenvalue weighted by atomic mass is 16.5. The summed E-state index contributed by atoms with van der Waals surface area (Å²) in [5, 5.41) is 10.4. The molecule has 0 saturated heterocycles. The second kappa shape index (κ2) is 5.41. The van der Waals surface area contributed by atoms with Crippen molar-refractivity contribution in [1.82, 2.24) is 4.98 Å². The standard InChI is InChI=1S/C17H22N2O3/c1-3-10-6-5-7-11-14-12(18)9-22-17(4-2,8-13(20)21)16(14)19-15(10)11/h5-7,12,19H,3-4,8-9,18H2,1-2H3,(H,20,21). The van der Waals surface area contributed by atoms with Gasteiger partial charge in [0.05, 0.1) is 24.8 Å². The Morgan fingerprint density at radius 2 is 2.27 bits per heavy atom. The number of carboxylic acids is 1. The number of fused-ring (bicyclic) bond motifs is 3. The van der Waals surface area contributed by atoms with E-state index in [9.17, 15) is 9.90 Å². The van der Waals surface area contributed by atoms with Gasteiger partial charge in [-0.1, -0.05) is 32.0 Å². The minimum atomic E-state index is -0.863. The number of H-pyrrole nitrogens is 1. The van der Waals surface area contributed by atoms with Crippen molar-refractivity contribution in [1.29, 1.82) is 0 Å². The molecule has 0 fully saturated rings. The van der Waals surface area contributed by atoms with Crippen molar-refractivity contribution in [2.75, 3.05) is 6.61 Å². The fourth-order valence-corrected chi connectivity index (χ4v) is 3.53. The summed E-state index contributed by atoms with van der Waals surface area (Å²) in [6, 6.07) is 5.93. The van der Waals surface area contributed by atoms with Crippen LogP contribution in [-0.2, 0) is 21.6 Å². The number of hydrogen-bond acceptors (Lipinski definition) is 3. The van der Waals surface area contributed by atoms with Gasteiger partial charge in [0, 0.05) is 16.5 Å². The number of benzene rings is 1. The maximum Gasteiger partial charge on any atom is 0.306 e. The lowest BCUT2D eigenvalue weighted by molar-refractivity contribution is -0.149. The maximum absolute atomic E-state index is 11.3. The van der Waals surface area contributed by atoms with Crippen LogP contribution >= 0.6 is 0 Å². The SMILES string of the molecule is CCc1cccc2c3c([nH]c12)C(CC)(CC(=O)O)OCC3N. The Kier molecular flexibility index (Phi) is 3.70. The molecule has 0 amide bonds. The number of nitrogens with two attached hydrogens (primary N) is 1. The van der Waals surface area contributed by atoms with Crippen LogP contribution in [-0.4, -0.2) is 22.7 Å². The van der Waals surface area contributed by atoms with Gasteiger partial charge in [-0.25, -0.2) is 0 Å². The molecule has 2 atom stereocenters. The Labute approximate surface area is 129 Å². The third-order valence-electron chi connectivity index (χ3n) is 4.71. The minimum Gasteiger partial charge on any atom is -0.481 e. The number of carboxylic acid groups (broad SMARTS) is 1. The zero-order valence-electron chi connectivity index (χ0n) is 13.0. The van der Waals surface area contributed by atoms with Crippen LogP contribution in [0.4, 0.5) is 0 Å². The first-order valence-corrected chi connectivity index (χ1v) is 7.77. The van der Waals surface area contributed by atoms with Gasteiger partial charge in [0.25, 0.3) is 0 Å². The van der Waals surface area contributed by atoms with Gasteiger partial charge >= 0.3 is 5.97 Å². The molecule has 3 rings (SSSR count). The summed E-state index contributed by atoms with van der Waals surface area (Å²) in [7, 11) is 0. The van der Waals surface area contributed by atoms with Crippen molar-refractivity contribution < 1.29 is 14.6 Å². The van der Waals surface area contributed by atoms with Gasteiger partial charge in [-0.3, -0.25) is 4.79 Å². The van der Waals surface area contributed by atoms with Crippen molar-refractivity contribution in [2.45, 2.75) is 44.8 Å². The van der Waals surface area contributed by atoms with E-state index in [0.29, 0.717) is 13.0 Å². The number of aliphatic carboxylic acids is 1. The van der Waals surface area contributed by atoms with E-state index in [0.717, 1.165) is 28.6 Å². The number of aromatic nitrogens is 1. The molecule has 1 aliphatic heterocycles. The molecule has 5 heteroatoms. The van der Waals surface area contributed by atoms with Crippen molar-refractivity contribution in [3.05, 3.63) is 35.0 Å². The molecule has 1 aromatic heterocycles. The summed E-state index contributed by atoms with van der Waals surface area (Å²) < 4.78 is 5.93. The quantitative estimate of drug-likeness (QED) is 0.810. The van der Waals surface area contributed by atoms with Gasteiger partial charge in [0.1, 0.15) is 5.60 Å². The number of hydrogen-bond donors (Lipinski definition) is 3. The molecule has 0 aliphatic carbocycles. The van der Waals surface area contributed by atoms with Crippen LogP contribution < -0.4 is 5.73 Å². The molecule has 2 aromatic rings. The van der Waals surface area contributed by atoms with Gasteiger partial charge in [-0.05, 0) is 18.4 Å². The van der Waals surface area contributed by atoms with Crippen LogP contribution in [0.2, 0.25) is 0 Å². The Morgan fingerprint density at radius 1 is 1.50 bits per heavy atom. The van der Waals surface area contributed by atoms with Crippen LogP contribution in [0.25, 0.3) is 10.9 Å². The van der Waals surface area contributed by atoms with Gasteiger partial charge < -0.3 is 20.6 Å². The zero-order chi connectivity index (χ0) is 15.9. The molecule has 118 valence electrons. The van der Waals surface area contributed by atoms with Gasteiger partial charge in [-0.15, -0.1) is 0 Å². The predicted octanol–water partition coefficient (Wildman–Crippen LogP) is 2.84. The van der Waals surface area contributed by atoms with Crippen LogP contribution in [0.15, 0.2) is 18.2 Å². The maximum atomic E-state index is 11.3. The number of aromatic amines is 1. The van der Waals surface area contributed by atoms with E-state index in [4.69, 9.17) is 10.5 Å². The number of ether oxygens (including phenoxy) is 1. The smallest absolute Gasteiger partial charge is 0.306 e. The normalized spacial score (nSPS) is 24.4. The van der Waals surface area contributed by atoms with Crippen molar-refractivity contribution >= 4 is 16.9 Å².